The Kier molecular flexibility index (Phi) is 7.24. The molecule has 0 radical (unpaired) electrons. The van der Waals surface area contributed by atoms with E-state index in [1.807, 2.05) is 0 Å². The molecule has 0 aliphatic carbocycles. The molecule has 0 N–H and O–H groups in total. The van der Waals surface area contributed by atoms with Crippen molar-refractivity contribution in [2.45, 2.75) is 26.3 Å². The Morgan fingerprint density at radius 1 is 1.24 bits per heavy atom. The first-order valence-electron chi connectivity index (χ1n) is 6.15. The molecule has 0 saturated heterocycles. The number of hydrogen-bond acceptors (Lipinski definition) is 2. The molecule has 3 heteroatoms. The maximum Gasteiger partial charge on any atom is 0.0230 e. The standard InChI is InChI=1S/C14H22BrNS/c1-12(8-10-17)7-9-16(2)11-13-3-5-14(15)6-4-13/h3-6,12,17H,7-11H2,1-2H3. The van der Waals surface area contributed by atoms with E-state index in [0.717, 1.165) is 29.2 Å². The van der Waals surface area contributed by atoms with Crippen molar-refractivity contribution in [3.63, 3.8) is 0 Å². The summed E-state index contributed by atoms with van der Waals surface area (Å²) in [6, 6.07) is 8.56. The number of benzene rings is 1. The third-order valence-electron chi connectivity index (χ3n) is 2.99. The molecule has 1 unspecified atom stereocenters. The van der Waals surface area contributed by atoms with Crippen LogP contribution in [0.25, 0.3) is 0 Å². The Balaban J connectivity index is 2.29. The molecular weight excluding hydrogens is 294 g/mol. The third-order valence-corrected chi connectivity index (χ3v) is 3.78. The van der Waals surface area contributed by atoms with Gasteiger partial charge >= 0.3 is 0 Å². The number of nitrogens with zero attached hydrogens (tertiary/aromatic N) is 1. The van der Waals surface area contributed by atoms with Crippen LogP contribution in [0.3, 0.4) is 0 Å². The molecule has 1 aromatic rings. The molecule has 0 spiro atoms. The topological polar surface area (TPSA) is 3.24 Å². The average Bonchev–Trinajstić information content (AvgIpc) is 2.30. The van der Waals surface area contributed by atoms with Crippen LogP contribution >= 0.6 is 28.6 Å². The van der Waals surface area contributed by atoms with E-state index in [4.69, 9.17) is 0 Å². The quantitative estimate of drug-likeness (QED) is 0.737. The molecule has 0 saturated carbocycles. The minimum atomic E-state index is 0.778. The monoisotopic (exact) mass is 315 g/mol. The fourth-order valence-corrected chi connectivity index (χ4v) is 2.49. The smallest absolute Gasteiger partial charge is 0.0230 e. The van der Waals surface area contributed by atoms with Gasteiger partial charge in [0.2, 0.25) is 0 Å². The van der Waals surface area contributed by atoms with Gasteiger partial charge in [0.15, 0.2) is 0 Å². The second-order valence-electron chi connectivity index (χ2n) is 4.77. The van der Waals surface area contributed by atoms with E-state index in [-0.39, 0.29) is 0 Å². The lowest BCUT2D eigenvalue weighted by molar-refractivity contribution is 0.297. The van der Waals surface area contributed by atoms with Gasteiger partial charge in [-0.05, 0) is 55.8 Å². The molecule has 0 aromatic heterocycles. The first-order chi connectivity index (χ1) is 8.11. The molecule has 1 nitrogen and oxygen atoms in total. The number of thiol groups is 1. The van der Waals surface area contributed by atoms with Gasteiger partial charge in [-0.25, -0.2) is 0 Å². The fourth-order valence-electron chi connectivity index (χ4n) is 1.79. The zero-order valence-electron chi connectivity index (χ0n) is 10.7. The third kappa shape index (κ3) is 6.49. The molecule has 1 rings (SSSR count). The van der Waals surface area contributed by atoms with Crippen molar-refractivity contribution in [1.29, 1.82) is 0 Å². The Morgan fingerprint density at radius 2 is 1.88 bits per heavy atom. The Hall–Kier alpha value is 0.01000. The van der Waals surface area contributed by atoms with E-state index in [1.165, 1.54) is 18.4 Å². The van der Waals surface area contributed by atoms with Crippen molar-refractivity contribution in [3.05, 3.63) is 34.3 Å². The number of hydrogen-bond donors (Lipinski definition) is 1. The van der Waals surface area contributed by atoms with Crippen molar-refractivity contribution >= 4 is 28.6 Å². The maximum absolute atomic E-state index is 4.28. The van der Waals surface area contributed by atoms with Crippen LogP contribution in [-0.2, 0) is 6.54 Å². The van der Waals surface area contributed by atoms with Gasteiger partial charge < -0.3 is 4.90 Å². The summed E-state index contributed by atoms with van der Waals surface area (Å²) in [6.45, 7) is 4.50. The molecular formula is C14H22BrNS. The molecule has 0 bridgehead atoms. The molecule has 0 heterocycles. The van der Waals surface area contributed by atoms with Crippen molar-refractivity contribution < 1.29 is 0 Å². The molecule has 0 fully saturated rings. The summed E-state index contributed by atoms with van der Waals surface area (Å²) in [5.41, 5.74) is 1.37. The minimum Gasteiger partial charge on any atom is -0.302 e. The second kappa shape index (κ2) is 8.17. The summed E-state index contributed by atoms with van der Waals surface area (Å²) in [4.78, 5) is 2.39. The zero-order valence-corrected chi connectivity index (χ0v) is 13.2. The van der Waals surface area contributed by atoms with E-state index in [0.29, 0.717) is 0 Å². The number of halogens is 1. The molecule has 0 amide bonds. The van der Waals surface area contributed by atoms with Gasteiger partial charge in [-0.1, -0.05) is 35.0 Å². The second-order valence-corrected chi connectivity index (χ2v) is 6.13. The lowest BCUT2D eigenvalue weighted by Gasteiger charge is -2.19. The van der Waals surface area contributed by atoms with E-state index in [9.17, 15) is 0 Å². The highest BCUT2D eigenvalue weighted by atomic mass is 79.9. The fraction of sp³-hybridized carbons (Fsp3) is 0.571. The predicted octanol–water partition coefficient (Wildman–Crippen LogP) is 4.23. The molecule has 0 aliphatic heterocycles. The van der Waals surface area contributed by atoms with Gasteiger partial charge in [0.25, 0.3) is 0 Å². The van der Waals surface area contributed by atoms with Gasteiger partial charge in [-0.3, -0.25) is 0 Å². The van der Waals surface area contributed by atoms with Crippen molar-refractivity contribution in [1.82, 2.24) is 4.90 Å². The summed E-state index contributed by atoms with van der Waals surface area (Å²) >= 11 is 7.73. The van der Waals surface area contributed by atoms with Crippen molar-refractivity contribution in [2.24, 2.45) is 5.92 Å². The summed E-state index contributed by atoms with van der Waals surface area (Å²) < 4.78 is 1.14. The normalized spacial score (nSPS) is 13.0. The molecule has 1 atom stereocenters. The summed E-state index contributed by atoms with van der Waals surface area (Å²) in [5, 5.41) is 0. The van der Waals surface area contributed by atoms with Crippen LogP contribution < -0.4 is 0 Å². The van der Waals surface area contributed by atoms with Crippen LogP contribution in [0.1, 0.15) is 25.3 Å². The van der Waals surface area contributed by atoms with Crippen LogP contribution in [0, 0.1) is 5.92 Å². The predicted molar refractivity (Wildman–Crippen MR) is 82.7 cm³/mol. The molecule has 1 aromatic carbocycles. The summed E-state index contributed by atoms with van der Waals surface area (Å²) in [5.74, 6) is 1.78. The van der Waals surface area contributed by atoms with Crippen LogP contribution in [-0.4, -0.2) is 24.2 Å². The Labute approximate surface area is 119 Å². The van der Waals surface area contributed by atoms with Crippen LogP contribution in [0.2, 0.25) is 0 Å². The lowest BCUT2D eigenvalue weighted by Crippen LogP contribution is -2.20. The number of rotatable bonds is 7. The average molecular weight is 316 g/mol. The Bertz CT molecular complexity index is 313. The van der Waals surface area contributed by atoms with E-state index < -0.39 is 0 Å². The first-order valence-corrected chi connectivity index (χ1v) is 7.58. The highest BCUT2D eigenvalue weighted by molar-refractivity contribution is 9.10. The van der Waals surface area contributed by atoms with Crippen LogP contribution in [0.5, 0.6) is 0 Å². The SMILES string of the molecule is CC(CCS)CCN(C)Cc1ccc(Br)cc1. The first kappa shape index (κ1) is 15.1. The summed E-state index contributed by atoms with van der Waals surface area (Å²) in [6.07, 6.45) is 2.48. The van der Waals surface area contributed by atoms with Gasteiger partial charge in [0, 0.05) is 11.0 Å². The van der Waals surface area contributed by atoms with E-state index >= 15 is 0 Å². The molecule has 96 valence electrons. The van der Waals surface area contributed by atoms with Gasteiger partial charge in [0.05, 0.1) is 0 Å². The van der Waals surface area contributed by atoms with Gasteiger partial charge in [-0.2, -0.15) is 12.6 Å². The molecule has 0 aliphatic rings. The zero-order chi connectivity index (χ0) is 12.7. The van der Waals surface area contributed by atoms with E-state index in [1.54, 1.807) is 0 Å². The van der Waals surface area contributed by atoms with E-state index in [2.05, 4.69) is 71.7 Å². The van der Waals surface area contributed by atoms with Crippen LogP contribution in [0.15, 0.2) is 28.7 Å². The summed E-state index contributed by atoms with van der Waals surface area (Å²) in [7, 11) is 2.19. The van der Waals surface area contributed by atoms with Gasteiger partial charge in [-0.15, -0.1) is 0 Å². The Morgan fingerprint density at radius 3 is 2.47 bits per heavy atom. The highest BCUT2D eigenvalue weighted by Gasteiger charge is 2.04. The lowest BCUT2D eigenvalue weighted by atomic mass is 10.0. The highest BCUT2D eigenvalue weighted by Crippen LogP contribution is 2.13. The van der Waals surface area contributed by atoms with Crippen molar-refractivity contribution in [3.8, 4) is 0 Å². The largest absolute Gasteiger partial charge is 0.302 e. The van der Waals surface area contributed by atoms with Crippen molar-refractivity contribution in [2.75, 3.05) is 19.3 Å². The van der Waals surface area contributed by atoms with Gasteiger partial charge in [0.1, 0.15) is 0 Å². The maximum atomic E-state index is 4.28. The van der Waals surface area contributed by atoms with Crippen LogP contribution in [0.4, 0.5) is 0 Å². The molecule has 17 heavy (non-hydrogen) atoms. The minimum absolute atomic E-state index is 0.778.